The highest BCUT2D eigenvalue weighted by atomic mass is 15.1. The fourth-order valence-electron chi connectivity index (χ4n) is 4.76. The Morgan fingerprint density at radius 3 is 2.19 bits per heavy atom. The van der Waals surface area contributed by atoms with E-state index in [1.165, 1.54) is 11.1 Å². The van der Waals surface area contributed by atoms with Crippen molar-refractivity contribution in [3.8, 4) is 22.5 Å². The molecule has 0 amide bonds. The number of anilines is 3. The minimum Gasteiger partial charge on any atom is -0.309 e. The largest absolute Gasteiger partial charge is 0.309 e. The Hall–Kier alpha value is -4.50. The molecule has 0 unspecified atom stereocenters. The first-order valence-corrected chi connectivity index (χ1v) is 12.4. The highest BCUT2D eigenvalue weighted by Gasteiger charge is 2.21. The Morgan fingerprint density at radius 2 is 1.36 bits per heavy atom. The lowest BCUT2D eigenvalue weighted by Gasteiger charge is -2.28. The van der Waals surface area contributed by atoms with Crippen molar-refractivity contribution < 1.29 is 0 Å². The van der Waals surface area contributed by atoms with E-state index in [2.05, 4.69) is 121 Å². The molecule has 0 aliphatic carbocycles. The van der Waals surface area contributed by atoms with Gasteiger partial charge in [-0.3, -0.25) is 9.97 Å². The van der Waals surface area contributed by atoms with Crippen LogP contribution in [0.5, 0.6) is 0 Å². The van der Waals surface area contributed by atoms with Gasteiger partial charge in [0.05, 0.1) is 22.8 Å². The second-order valence-electron chi connectivity index (χ2n) is 9.40. The third kappa shape index (κ3) is 4.09. The van der Waals surface area contributed by atoms with E-state index in [1.54, 1.807) is 0 Å². The lowest BCUT2D eigenvalue weighted by Crippen LogP contribution is -2.12. The number of aromatic nitrogens is 2. The van der Waals surface area contributed by atoms with Gasteiger partial charge in [0, 0.05) is 29.2 Å². The number of hydrogen-bond acceptors (Lipinski definition) is 3. The first-order valence-electron chi connectivity index (χ1n) is 12.4. The molecule has 0 bridgehead atoms. The second kappa shape index (κ2) is 9.27. The Bertz CT molecular complexity index is 1570. The molecule has 1 aliphatic heterocycles. The summed E-state index contributed by atoms with van der Waals surface area (Å²) in [6, 6.07) is 34.2. The Morgan fingerprint density at radius 1 is 0.583 bits per heavy atom. The van der Waals surface area contributed by atoms with E-state index in [0.717, 1.165) is 45.1 Å². The number of para-hydroxylation sites is 1. The van der Waals surface area contributed by atoms with Gasteiger partial charge in [-0.2, -0.15) is 0 Å². The van der Waals surface area contributed by atoms with Crippen LogP contribution < -0.4 is 4.90 Å². The zero-order valence-electron chi connectivity index (χ0n) is 20.5. The van der Waals surface area contributed by atoms with E-state index < -0.39 is 0 Å². The maximum atomic E-state index is 4.70. The first kappa shape index (κ1) is 22.0. The first-order chi connectivity index (χ1) is 17.7. The Kier molecular flexibility index (Phi) is 5.67. The zero-order valence-corrected chi connectivity index (χ0v) is 20.5. The molecule has 3 aromatic carbocycles. The highest BCUT2D eigenvalue weighted by Crippen LogP contribution is 2.44. The summed E-state index contributed by atoms with van der Waals surface area (Å²) in [5.41, 5.74) is 11.2. The molecule has 0 fully saturated rings. The van der Waals surface area contributed by atoms with Gasteiger partial charge in [0.15, 0.2) is 0 Å². The summed E-state index contributed by atoms with van der Waals surface area (Å²) in [5.74, 6) is 0.454. The number of benzene rings is 3. The molecule has 2 aromatic heterocycles. The summed E-state index contributed by atoms with van der Waals surface area (Å²) < 4.78 is 0. The zero-order chi connectivity index (χ0) is 24.5. The van der Waals surface area contributed by atoms with Gasteiger partial charge in [-0.25, -0.2) is 0 Å². The number of pyridine rings is 2. The summed E-state index contributed by atoms with van der Waals surface area (Å²) in [5, 5.41) is 0. The van der Waals surface area contributed by atoms with Crippen LogP contribution in [0, 0.1) is 0 Å². The van der Waals surface area contributed by atoms with Crippen LogP contribution in [-0.4, -0.2) is 9.97 Å². The molecule has 3 heterocycles. The van der Waals surface area contributed by atoms with E-state index in [-0.39, 0.29) is 0 Å². The van der Waals surface area contributed by atoms with Crippen molar-refractivity contribution in [3.63, 3.8) is 0 Å². The van der Waals surface area contributed by atoms with Gasteiger partial charge >= 0.3 is 0 Å². The molecule has 3 nitrogen and oxygen atoms in total. The van der Waals surface area contributed by atoms with Crippen molar-refractivity contribution in [2.75, 3.05) is 4.90 Å². The number of nitrogens with zero attached hydrogens (tertiary/aromatic N) is 3. The molecular weight excluding hydrogens is 438 g/mol. The van der Waals surface area contributed by atoms with Gasteiger partial charge < -0.3 is 4.90 Å². The van der Waals surface area contributed by atoms with Crippen molar-refractivity contribution in [2.24, 2.45) is 0 Å². The molecule has 36 heavy (non-hydrogen) atoms. The summed E-state index contributed by atoms with van der Waals surface area (Å²) in [6.07, 6.45) is 8.16. The molecule has 6 rings (SSSR count). The van der Waals surface area contributed by atoms with E-state index in [4.69, 9.17) is 4.98 Å². The van der Waals surface area contributed by atoms with Crippen LogP contribution in [-0.2, 0) is 0 Å². The van der Waals surface area contributed by atoms with E-state index in [1.807, 2.05) is 24.5 Å². The molecule has 5 aromatic rings. The fourth-order valence-corrected chi connectivity index (χ4v) is 4.76. The summed E-state index contributed by atoms with van der Waals surface area (Å²) in [7, 11) is 0. The molecule has 0 saturated heterocycles. The van der Waals surface area contributed by atoms with Crippen molar-refractivity contribution in [1.82, 2.24) is 9.97 Å². The summed E-state index contributed by atoms with van der Waals surface area (Å²) >= 11 is 0. The lowest BCUT2D eigenvalue weighted by molar-refractivity contribution is 0.864. The molecule has 0 atom stereocenters. The smallest absolute Gasteiger partial charge is 0.0705 e. The van der Waals surface area contributed by atoms with Gasteiger partial charge in [0.2, 0.25) is 0 Å². The van der Waals surface area contributed by atoms with Gasteiger partial charge in [-0.15, -0.1) is 0 Å². The predicted molar refractivity (Wildman–Crippen MR) is 151 cm³/mol. The van der Waals surface area contributed by atoms with Crippen LogP contribution >= 0.6 is 0 Å². The standard InChI is InChI=1S/C33H27N3/c1-23(2)26-17-19-35-31(21-26)27-9-7-10-29(20-27)36-32-12-4-3-8-24(32)13-14-25-15-16-28(22-33(25)36)30-11-5-6-18-34-30/h3-23H,1-2H3. The van der Waals surface area contributed by atoms with Crippen molar-refractivity contribution in [1.29, 1.82) is 0 Å². The van der Waals surface area contributed by atoms with Gasteiger partial charge in [-0.1, -0.05) is 74.5 Å². The number of fused-ring (bicyclic) bond motifs is 2. The highest BCUT2D eigenvalue weighted by molar-refractivity contribution is 5.95. The molecule has 0 N–H and O–H groups in total. The van der Waals surface area contributed by atoms with Crippen LogP contribution in [0.2, 0.25) is 0 Å². The van der Waals surface area contributed by atoms with Crippen LogP contribution in [0.25, 0.3) is 34.7 Å². The van der Waals surface area contributed by atoms with Gasteiger partial charge in [-0.05, 0) is 71.1 Å². The van der Waals surface area contributed by atoms with Gasteiger partial charge in [0.1, 0.15) is 0 Å². The molecule has 1 aliphatic rings. The Balaban J connectivity index is 1.53. The Labute approximate surface area is 212 Å². The quantitative estimate of drug-likeness (QED) is 0.260. The summed E-state index contributed by atoms with van der Waals surface area (Å²) in [6.45, 7) is 4.43. The molecule has 174 valence electrons. The minimum absolute atomic E-state index is 0.454. The average molecular weight is 466 g/mol. The fraction of sp³-hybridized carbons (Fsp3) is 0.0909. The molecule has 0 saturated carbocycles. The van der Waals surface area contributed by atoms with Crippen molar-refractivity contribution >= 4 is 29.2 Å². The maximum absolute atomic E-state index is 4.70. The third-order valence-electron chi connectivity index (χ3n) is 6.70. The van der Waals surface area contributed by atoms with Crippen LogP contribution in [0.1, 0.15) is 36.5 Å². The molecule has 0 radical (unpaired) electrons. The second-order valence-corrected chi connectivity index (χ2v) is 9.40. The molecule has 0 spiro atoms. The van der Waals surface area contributed by atoms with Crippen molar-refractivity contribution in [3.05, 3.63) is 126 Å². The normalized spacial score (nSPS) is 12.2. The van der Waals surface area contributed by atoms with Crippen LogP contribution in [0.3, 0.4) is 0 Å². The molecular formula is C33H27N3. The van der Waals surface area contributed by atoms with Crippen molar-refractivity contribution in [2.45, 2.75) is 19.8 Å². The average Bonchev–Trinajstić information content (AvgIpc) is 3.10. The minimum atomic E-state index is 0.454. The van der Waals surface area contributed by atoms with E-state index in [0.29, 0.717) is 5.92 Å². The predicted octanol–water partition coefficient (Wildman–Crippen LogP) is 8.89. The number of hydrogen-bond donors (Lipinski definition) is 0. The van der Waals surface area contributed by atoms with Crippen LogP contribution in [0.4, 0.5) is 17.1 Å². The summed E-state index contributed by atoms with van der Waals surface area (Å²) in [4.78, 5) is 11.6. The monoisotopic (exact) mass is 465 g/mol. The third-order valence-corrected chi connectivity index (χ3v) is 6.70. The molecule has 3 heteroatoms. The maximum Gasteiger partial charge on any atom is 0.0705 e. The lowest BCUT2D eigenvalue weighted by atomic mass is 10.0. The van der Waals surface area contributed by atoms with E-state index >= 15 is 0 Å². The SMILES string of the molecule is CC(C)c1ccnc(-c2cccc(N3c4ccccc4C=Cc4ccc(-c5ccccn5)cc43)c2)c1. The van der Waals surface area contributed by atoms with Crippen LogP contribution in [0.15, 0.2) is 109 Å². The number of rotatable bonds is 4. The van der Waals surface area contributed by atoms with Gasteiger partial charge in [0.25, 0.3) is 0 Å². The van der Waals surface area contributed by atoms with E-state index in [9.17, 15) is 0 Å². The topological polar surface area (TPSA) is 29.0 Å².